The van der Waals surface area contributed by atoms with E-state index in [1.165, 1.54) is 25.9 Å². The van der Waals surface area contributed by atoms with Gasteiger partial charge in [-0.3, -0.25) is 9.69 Å². The standard InChI is InChI=1S/C16H20N2O3/c19-16(18-9-12(10-18)17-7-3-4-8-17)15-11-20-13-5-1-2-6-14(13)21-15/h1-2,5-6,12,15H,3-4,7-11H2. The third-order valence-electron chi connectivity index (χ3n) is 4.62. The third kappa shape index (κ3) is 2.35. The Morgan fingerprint density at radius 1 is 1.10 bits per heavy atom. The van der Waals surface area contributed by atoms with Crippen LogP contribution in [0.25, 0.3) is 0 Å². The average molecular weight is 288 g/mol. The molecule has 3 heterocycles. The normalized spacial score (nSPS) is 25.7. The molecular formula is C16H20N2O3. The van der Waals surface area contributed by atoms with Gasteiger partial charge in [0, 0.05) is 19.1 Å². The molecule has 1 atom stereocenters. The van der Waals surface area contributed by atoms with Crippen molar-refractivity contribution >= 4 is 5.91 Å². The molecule has 0 aliphatic carbocycles. The van der Waals surface area contributed by atoms with Crippen molar-refractivity contribution in [3.63, 3.8) is 0 Å². The highest BCUT2D eigenvalue weighted by molar-refractivity contribution is 5.82. The molecule has 0 N–H and O–H groups in total. The van der Waals surface area contributed by atoms with E-state index < -0.39 is 6.10 Å². The first kappa shape index (κ1) is 13.0. The number of amides is 1. The number of carbonyl (C=O) groups is 1. The van der Waals surface area contributed by atoms with Crippen LogP contribution >= 0.6 is 0 Å². The van der Waals surface area contributed by atoms with E-state index in [4.69, 9.17) is 9.47 Å². The topological polar surface area (TPSA) is 42.0 Å². The number of fused-ring (bicyclic) bond motifs is 1. The Labute approximate surface area is 124 Å². The Hall–Kier alpha value is -1.75. The van der Waals surface area contributed by atoms with E-state index in [1.807, 2.05) is 29.2 Å². The molecule has 0 bridgehead atoms. The first-order chi connectivity index (χ1) is 10.3. The van der Waals surface area contributed by atoms with Crippen LogP contribution in [0.1, 0.15) is 12.8 Å². The van der Waals surface area contributed by atoms with Crippen molar-refractivity contribution < 1.29 is 14.3 Å². The van der Waals surface area contributed by atoms with Gasteiger partial charge in [-0.15, -0.1) is 0 Å². The second-order valence-corrected chi connectivity index (χ2v) is 6.00. The number of para-hydroxylation sites is 2. The quantitative estimate of drug-likeness (QED) is 0.818. The first-order valence-electron chi connectivity index (χ1n) is 7.72. The number of hydrogen-bond acceptors (Lipinski definition) is 4. The van der Waals surface area contributed by atoms with Crippen LogP contribution < -0.4 is 9.47 Å². The second kappa shape index (κ2) is 5.22. The molecule has 3 aliphatic rings. The van der Waals surface area contributed by atoms with Gasteiger partial charge in [-0.25, -0.2) is 0 Å². The van der Waals surface area contributed by atoms with Crippen molar-refractivity contribution in [1.29, 1.82) is 0 Å². The average Bonchev–Trinajstić information content (AvgIpc) is 2.99. The number of rotatable bonds is 2. The molecule has 0 radical (unpaired) electrons. The Kier molecular flexibility index (Phi) is 3.22. The van der Waals surface area contributed by atoms with Crippen LogP contribution in [0.5, 0.6) is 11.5 Å². The SMILES string of the molecule is O=C(C1COc2ccccc2O1)N1CC(N2CCCC2)C1. The summed E-state index contributed by atoms with van der Waals surface area (Å²) in [4.78, 5) is 16.8. The first-order valence-corrected chi connectivity index (χ1v) is 7.72. The lowest BCUT2D eigenvalue weighted by atomic mass is 10.1. The molecular weight excluding hydrogens is 268 g/mol. The van der Waals surface area contributed by atoms with Gasteiger partial charge < -0.3 is 14.4 Å². The molecule has 0 aromatic heterocycles. The Morgan fingerprint density at radius 3 is 2.57 bits per heavy atom. The van der Waals surface area contributed by atoms with Crippen LogP contribution in [0.3, 0.4) is 0 Å². The fraction of sp³-hybridized carbons (Fsp3) is 0.562. The van der Waals surface area contributed by atoms with Crippen molar-refractivity contribution in [3.8, 4) is 11.5 Å². The number of carbonyl (C=O) groups excluding carboxylic acids is 1. The minimum absolute atomic E-state index is 0.0555. The zero-order valence-corrected chi connectivity index (χ0v) is 12.0. The zero-order chi connectivity index (χ0) is 14.2. The molecule has 4 rings (SSSR count). The summed E-state index contributed by atoms with van der Waals surface area (Å²) in [5.41, 5.74) is 0. The van der Waals surface area contributed by atoms with Crippen molar-refractivity contribution in [2.24, 2.45) is 0 Å². The van der Waals surface area contributed by atoms with Crippen molar-refractivity contribution in [2.75, 3.05) is 32.8 Å². The molecule has 5 nitrogen and oxygen atoms in total. The molecule has 112 valence electrons. The Balaban J connectivity index is 1.35. The smallest absolute Gasteiger partial charge is 0.267 e. The second-order valence-electron chi connectivity index (χ2n) is 6.00. The predicted octanol–water partition coefficient (Wildman–Crippen LogP) is 1.13. The molecule has 1 unspecified atom stereocenters. The van der Waals surface area contributed by atoms with Crippen LogP contribution in [0.2, 0.25) is 0 Å². The monoisotopic (exact) mass is 288 g/mol. The molecule has 5 heteroatoms. The van der Waals surface area contributed by atoms with Gasteiger partial charge in [-0.2, -0.15) is 0 Å². The Morgan fingerprint density at radius 2 is 1.81 bits per heavy atom. The highest BCUT2D eigenvalue weighted by Gasteiger charge is 2.40. The minimum Gasteiger partial charge on any atom is -0.485 e. The van der Waals surface area contributed by atoms with Gasteiger partial charge in [0.1, 0.15) is 6.61 Å². The zero-order valence-electron chi connectivity index (χ0n) is 12.0. The Bertz CT molecular complexity index is 536. The van der Waals surface area contributed by atoms with E-state index in [9.17, 15) is 4.79 Å². The van der Waals surface area contributed by atoms with E-state index in [-0.39, 0.29) is 5.91 Å². The van der Waals surface area contributed by atoms with Gasteiger partial charge in [0.25, 0.3) is 5.91 Å². The van der Waals surface area contributed by atoms with Crippen LogP contribution in [0, 0.1) is 0 Å². The lowest BCUT2D eigenvalue weighted by Gasteiger charge is -2.45. The lowest BCUT2D eigenvalue weighted by molar-refractivity contribution is -0.148. The summed E-state index contributed by atoms with van der Waals surface area (Å²) >= 11 is 0. The number of hydrogen-bond donors (Lipinski definition) is 0. The molecule has 1 amide bonds. The maximum Gasteiger partial charge on any atom is 0.267 e. The highest BCUT2D eigenvalue weighted by Crippen LogP contribution is 2.32. The summed E-state index contributed by atoms with van der Waals surface area (Å²) in [6, 6.07) is 8.05. The van der Waals surface area contributed by atoms with Gasteiger partial charge in [0.2, 0.25) is 6.10 Å². The number of ether oxygens (including phenoxy) is 2. The van der Waals surface area contributed by atoms with E-state index in [0.717, 1.165) is 18.8 Å². The maximum atomic E-state index is 12.5. The summed E-state index contributed by atoms with van der Waals surface area (Å²) in [5.74, 6) is 1.44. The van der Waals surface area contributed by atoms with Crippen LogP contribution in [-0.4, -0.2) is 60.6 Å². The molecule has 2 saturated heterocycles. The minimum atomic E-state index is -0.501. The fourth-order valence-corrected chi connectivity index (χ4v) is 3.32. The molecule has 2 fully saturated rings. The van der Waals surface area contributed by atoms with Crippen LogP contribution in [0.15, 0.2) is 24.3 Å². The summed E-state index contributed by atoms with van der Waals surface area (Å²) < 4.78 is 11.4. The fourth-order valence-electron chi connectivity index (χ4n) is 3.32. The van der Waals surface area contributed by atoms with E-state index in [1.54, 1.807) is 0 Å². The molecule has 1 aromatic rings. The van der Waals surface area contributed by atoms with Gasteiger partial charge >= 0.3 is 0 Å². The van der Waals surface area contributed by atoms with Crippen molar-refractivity contribution in [1.82, 2.24) is 9.80 Å². The highest BCUT2D eigenvalue weighted by atomic mass is 16.6. The summed E-state index contributed by atoms with van der Waals surface area (Å²) in [6.07, 6.45) is 2.08. The third-order valence-corrected chi connectivity index (χ3v) is 4.62. The molecule has 21 heavy (non-hydrogen) atoms. The lowest BCUT2D eigenvalue weighted by Crippen LogP contribution is -2.63. The maximum absolute atomic E-state index is 12.5. The number of likely N-dealkylation sites (tertiary alicyclic amines) is 2. The van der Waals surface area contributed by atoms with E-state index >= 15 is 0 Å². The summed E-state index contributed by atoms with van der Waals surface area (Å²) in [7, 11) is 0. The van der Waals surface area contributed by atoms with Crippen molar-refractivity contribution in [2.45, 2.75) is 25.0 Å². The molecule has 0 saturated carbocycles. The number of nitrogens with zero attached hydrogens (tertiary/aromatic N) is 2. The van der Waals surface area contributed by atoms with E-state index in [2.05, 4.69) is 4.90 Å². The predicted molar refractivity (Wildman–Crippen MR) is 77.5 cm³/mol. The van der Waals surface area contributed by atoms with Crippen molar-refractivity contribution in [3.05, 3.63) is 24.3 Å². The number of benzene rings is 1. The summed E-state index contributed by atoms with van der Waals surface area (Å²) in [6.45, 7) is 4.34. The van der Waals surface area contributed by atoms with Gasteiger partial charge in [-0.05, 0) is 38.1 Å². The van der Waals surface area contributed by atoms with E-state index in [0.29, 0.717) is 18.4 Å². The van der Waals surface area contributed by atoms with Gasteiger partial charge in [-0.1, -0.05) is 12.1 Å². The van der Waals surface area contributed by atoms with Gasteiger partial charge in [0.15, 0.2) is 11.5 Å². The van der Waals surface area contributed by atoms with Crippen LogP contribution in [0.4, 0.5) is 0 Å². The molecule has 1 aromatic carbocycles. The molecule has 3 aliphatic heterocycles. The largest absolute Gasteiger partial charge is 0.485 e. The van der Waals surface area contributed by atoms with Crippen LogP contribution in [-0.2, 0) is 4.79 Å². The summed E-state index contributed by atoms with van der Waals surface area (Å²) in [5, 5.41) is 0. The molecule has 0 spiro atoms. The van der Waals surface area contributed by atoms with Gasteiger partial charge in [0.05, 0.1) is 0 Å².